The molecule has 0 saturated carbocycles. The van der Waals surface area contributed by atoms with Crippen molar-refractivity contribution in [2.75, 3.05) is 0 Å². The minimum absolute atomic E-state index is 0.0431. The Hall–Kier alpha value is -3.47. The van der Waals surface area contributed by atoms with Crippen LogP contribution in [0, 0.1) is 10.1 Å². The van der Waals surface area contributed by atoms with Gasteiger partial charge in [-0.2, -0.15) is 0 Å². The molecular weight excluding hydrogens is 493 g/mol. The van der Waals surface area contributed by atoms with Gasteiger partial charge in [-0.25, -0.2) is 13.2 Å². The molecule has 0 aliphatic carbocycles. The molecule has 0 saturated heterocycles. The van der Waals surface area contributed by atoms with Gasteiger partial charge in [0.1, 0.15) is 0 Å². The van der Waals surface area contributed by atoms with Crippen LogP contribution < -0.4 is 11.2 Å². The number of fused-ring (bicyclic) bond motifs is 1. The Balaban J connectivity index is 1.99. The molecule has 3 aromatic carbocycles. The van der Waals surface area contributed by atoms with E-state index in [4.69, 9.17) is 23.2 Å². The second-order valence-corrected chi connectivity index (χ2v) is 9.64. The molecule has 1 heterocycles. The van der Waals surface area contributed by atoms with Crippen molar-refractivity contribution in [1.82, 2.24) is 8.54 Å². The van der Waals surface area contributed by atoms with E-state index in [1.54, 1.807) is 0 Å². The van der Waals surface area contributed by atoms with Gasteiger partial charge < -0.3 is 0 Å². The molecule has 0 aliphatic rings. The van der Waals surface area contributed by atoms with Crippen LogP contribution in [0.15, 0.2) is 81.2 Å². The SMILES string of the molecule is O=c1c2ccc(Cl)cc2n(Cc2ccc([N+](=O)[O-])cc2)c(=O)n1S(=O)(=O)c1ccc(Cl)cc1. The van der Waals surface area contributed by atoms with E-state index in [1.807, 2.05) is 0 Å². The Labute approximate surface area is 196 Å². The molecule has 4 aromatic rings. The number of nitro benzene ring substituents is 1. The molecule has 0 aliphatic heterocycles. The van der Waals surface area contributed by atoms with Crippen LogP contribution in [0.4, 0.5) is 5.69 Å². The van der Waals surface area contributed by atoms with Crippen LogP contribution in [0.5, 0.6) is 0 Å². The first-order valence-corrected chi connectivity index (χ1v) is 11.5. The maximum absolute atomic E-state index is 13.4. The molecule has 33 heavy (non-hydrogen) atoms. The standard InChI is InChI=1S/C21H13Cl2N3O6S/c22-14-3-8-17(9-4-14)33(31,32)25-20(27)18-10-5-15(23)11-19(18)24(21(25)28)12-13-1-6-16(7-2-13)26(29)30/h1-11H,12H2. The quantitative estimate of drug-likeness (QED) is 0.301. The molecule has 9 nitrogen and oxygen atoms in total. The normalized spacial score (nSPS) is 11.6. The van der Waals surface area contributed by atoms with Gasteiger partial charge in [-0.05, 0) is 48.0 Å². The summed E-state index contributed by atoms with van der Waals surface area (Å²) >= 11 is 11.9. The second-order valence-electron chi connectivity index (χ2n) is 6.98. The van der Waals surface area contributed by atoms with E-state index in [2.05, 4.69) is 0 Å². The predicted octanol–water partition coefficient (Wildman–Crippen LogP) is 3.66. The highest BCUT2D eigenvalue weighted by Crippen LogP contribution is 2.20. The van der Waals surface area contributed by atoms with E-state index >= 15 is 0 Å². The monoisotopic (exact) mass is 505 g/mol. The number of rotatable bonds is 5. The molecule has 4 rings (SSSR count). The van der Waals surface area contributed by atoms with E-state index in [1.165, 1.54) is 66.7 Å². The van der Waals surface area contributed by atoms with E-state index in [0.29, 0.717) is 5.56 Å². The predicted molar refractivity (Wildman–Crippen MR) is 124 cm³/mol. The van der Waals surface area contributed by atoms with Crippen molar-refractivity contribution in [3.05, 3.63) is 113 Å². The molecule has 0 radical (unpaired) electrons. The summed E-state index contributed by atoms with van der Waals surface area (Å²) in [6, 6.07) is 14.5. The molecule has 0 atom stereocenters. The smallest absolute Gasteiger partial charge is 0.288 e. The Morgan fingerprint density at radius 2 is 1.48 bits per heavy atom. The van der Waals surface area contributed by atoms with Crippen molar-refractivity contribution >= 4 is 49.8 Å². The summed E-state index contributed by atoms with van der Waals surface area (Å²) in [4.78, 5) is 36.5. The summed E-state index contributed by atoms with van der Waals surface area (Å²) in [7, 11) is -4.56. The number of aromatic nitrogens is 2. The van der Waals surface area contributed by atoms with Crippen LogP contribution >= 0.6 is 23.2 Å². The number of hydrogen-bond donors (Lipinski definition) is 0. The number of non-ortho nitro benzene ring substituents is 1. The first-order valence-electron chi connectivity index (χ1n) is 9.29. The first kappa shape index (κ1) is 22.7. The number of nitrogens with zero attached hydrogens (tertiary/aromatic N) is 3. The zero-order valence-corrected chi connectivity index (χ0v) is 18.8. The van der Waals surface area contributed by atoms with Gasteiger partial charge in [0.25, 0.3) is 21.3 Å². The number of hydrogen-bond acceptors (Lipinski definition) is 6. The van der Waals surface area contributed by atoms with Crippen LogP contribution in [0.2, 0.25) is 10.0 Å². The Morgan fingerprint density at radius 1 is 0.879 bits per heavy atom. The van der Waals surface area contributed by atoms with Crippen LogP contribution in [0.25, 0.3) is 10.9 Å². The van der Waals surface area contributed by atoms with Gasteiger partial charge in [0.2, 0.25) is 0 Å². The van der Waals surface area contributed by atoms with Crippen LogP contribution in [-0.4, -0.2) is 21.9 Å². The zero-order chi connectivity index (χ0) is 23.9. The van der Waals surface area contributed by atoms with Crippen molar-refractivity contribution in [3.8, 4) is 0 Å². The van der Waals surface area contributed by atoms with Crippen molar-refractivity contribution < 1.29 is 13.3 Å². The fourth-order valence-electron chi connectivity index (χ4n) is 3.30. The lowest BCUT2D eigenvalue weighted by molar-refractivity contribution is -0.384. The molecular formula is C21H13Cl2N3O6S. The molecule has 0 bridgehead atoms. The van der Waals surface area contributed by atoms with E-state index in [0.717, 1.165) is 4.57 Å². The summed E-state index contributed by atoms with van der Waals surface area (Å²) in [6.07, 6.45) is 0. The van der Waals surface area contributed by atoms with Crippen molar-refractivity contribution in [3.63, 3.8) is 0 Å². The maximum Gasteiger partial charge on any atom is 0.346 e. The van der Waals surface area contributed by atoms with E-state index in [9.17, 15) is 28.1 Å². The first-order chi connectivity index (χ1) is 15.6. The minimum atomic E-state index is -4.56. The third-order valence-electron chi connectivity index (χ3n) is 4.91. The Morgan fingerprint density at radius 3 is 2.09 bits per heavy atom. The third kappa shape index (κ3) is 4.15. The minimum Gasteiger partial charge on any atom is -0.288 e. The van der Waals surface area contributed by atoms with Crippen LogP contribution in [0.1, 0.15) is 5.56 Å². The maximum atomic E-state index is 13.4. The number of halogens is 2. The summed E-state index contributed by atoms with van der Waals surface area (Å²) in [5.41, 5.74) is -1.68. The lowest BCUT2D eigenvalue weighted by Crippen LogP contribution is -2.44. The summed E-state index contributed by atoms with van der Waals surface area (Å²) in [5, 5.41) is 11.4. The van der Waals surface area contributed by atoms with Crippen molar-refractivity contribution in [1.29, 1.82) is 0 Å². The van der Waals surface area contributed by atoms with Crippen molar-refractivity contribution in [2.45, 2.75) is 11.4 Å². The van der Waals surface area contributed by atoms with E-state index < -0.39 is 26.2 Å². The molecule has 1 aromatic heterocycles. The highest BCUT2D eigenvalue weighted by atomic mass is 35.5. The van der Waals surface area contributed by atoms with Crippen molar-refractivity contribution in [2.24, 2.45) is 0 Å². The van der Waals surface area contributed by atoms with Gasteiger partial charge in [-0.3, -0.25) is 19.5 Å². The molecule has 0 amide bonds. The second kappa shape index (κ2) is 8.47. The van der Waals surface area contributed by atoms with Crippen LogP contribution in [0.3, 0.4) is 0 Å². The molecule has 0 N–H and O–H groups in total. The van der Waals surface area contributed by atoms with Gasteiger partial charge in [-0.15, -0.1) is 3.97 Å². The Bertz CT molecular complexity index is 1630. The lowest BCUT2D eigenvalue weighted by atomic mass is 10.2. The largest absolute Gasteiger partial charge is 0.346 e. The van der Waals surface area contributed by atoms with Gasteiger partial charge in [0, 0.05) is 22.2 Å². The Kier molecular flexibility index (Phi) is 5.83. The molecule has 12 heteroatoms. The summed E-state index contributed by atoms with van der Waals surface area (Å²) in [5.74, 6) is 0. The van der Waals surface area contributed by atoms with Gasteiger partial charge in [-0.1, -0.05) is 35.3 Å². The fraction of sp³-hybridized carbons (Fsp3) is 0.0476. The number of benzene rings is 3. The molecule has 0 fully saturated rings. The molecule has 0 spiro atoms. The average molecular weight is 506 g/mol. The zero-order valence-electron chi connectivity index (χ0n) is 16.5. The summed E-state index contributed by atoms with van der Waals surface area (Å²) in [6.45, 7) is -0.163. The number of nitro groups is 1. The topological polar surface area (TPSA) is 121 Å². The highest BCUT2D eigenvalue weighted by Gasteiger charge is 2.25. The van der Waals surface area contributed by atoms with E-state index in [-0.39, 0.29) is 42.0 Å². The highest BCUT2D eigenvalue weighted by molar-refractivity contribution is 7.90. The molecule has 168 valence electrons. The average Bonchev–Trinajstić information content (AvgIpc) is 2.77. The van der Waals surface area contributed by atoms with Gasteiger partial charge in [0.05, 0.1) is 27.3 Å². The van der Waals surface area contributed by atoms with Crippen LogP contribution in [-0.2, 0) is 16.6 Å². The van der Waals surface area contributed by atoms with Gasteiger partial charge in [0.15, 0.2) is 0 Å². The summed E-state index contributed by atoms with van der Waals surface area (Å²) < 4.78 is 27.7. The lowest BCUT2D eigenvalue weighted by Gasteiger charge is -2.15. The van der Waals surface area contributed by atoms with Gasteiger partial charge >= 0.3 is 5.69 Å². The third-order valence-corrected chi connectivity index (χ3v) is 7.07. The fourth-order valence-corrected chi connectivity index (χ4v) is 4.90. The molecule has 0 unspecified atom stereocenters.